The lowest BCUT2D eigenvalue weighted by Gasteiger charge is -2.18. The van der Waals surface area contributed by atoms with Crippen molar-refractivity contribution in [1.29, 1.82) is 0 Å². The average molecular weight is 831 g/mol. The van der Waals surface area contributed by atoms with Gasteiger partial charge in [0, 0.05) is 19.3 Å². The summed E-state index contributed by atoms with van der Waals surface area (Å²) in [5.74, 6) is -1.02. The second-order valence-electron chi connectivity index (χ2n) is 15.4. The van der Waals surface area contributed by atoms with Crippen LogP contribution in [-0.2, 0) is 28.6 Å². The smallest absolute Gasteiger partial charge is 0.306 e. The van der Waals surface area contributed by atoms with Gasteiger partial charge in [-0.2, -0.15) is 0 Å². The first-order valence-electron chi connectivity index (χ1n) is 24.0. The Bertz CT molecular complexity index is 1280. The summed E-state index contributed by atoms with van der Waals surface area (Å²) in [5.41, 5.74) is 0. The zero-order valence-corrected chi connectivity index (χ0v) is 38.4. The molecular formula is C54H86O6. The quantitative estimate of drug-likeness (QED) is 0.0201. The Kier molecular flexibility index (Phi) is 44.6. The van der Waals surface area contributed by atoms with Crippen LogP contribution in [0.2, 0.25) is 0 Å². The van der Waals surface area contributed by atoms with Crippen molar-refractivity contribution in [1.82, 2.24) is 0 Å². The van der Waals surface area contributed by atoms with Gasteiger partial charge in [0.25, 0.3) is 0 Å². The zero-order chi connectivity index (χ0) is 43.7. The largest absolute Gasteiger partial charge is 0.462 e. The minimum atomic E-state index is -0.821. The highest BCUT2D eigenvalue weighted by atomic mass is 16.6. The van der Waals surface area contributed by atoms with Crippen molar-refractivity contribution in [3.63, 3.8) is 0 Å². The SMILES string of the molecule is CC\C=C/C=C\C=C/C=C\C=C/CCCC(=O)OC(COC(=O)CCCCCC/C=C\CCCC)COC(=O)CCCCCCCCCCC/C=C\C/C=C\C/C=C\CC. The summed E-state index contributed by atoms with van der Waals surface area (Å²) in [6.07, 6.45) is 63.7. The highest BCUT2D eigenvalue weighted by molar-refractivity contribution is 5.71. The van der Waals surface area contributed by atoms with Gasteiger partial charge in [-0.3, -0.25) is 14.4 Å². The first-order chi connectivity index (χ1) is 29.5. The Morgan fingerprint density at radius 2 is 0.750 bits per heavy atom. The lowest BCUT2D eigenvalue weighted by Crippen LogP contribution is -2.30. The van der Waals surface area contributed by atoms with Gasteiger partial charge in [-0.15, -0.1) is 0 Å². The van der Waals surface area contributed by atoms with E-state index in [0.29, 0.717) is 19.3 Å². The molecule has 0 radical (unpaired) electrons. The van der Waals surface area contributed by atoms with Crippen molar-refractivity contribution in [2.45, 2.75) is 200 Å². The van der Waals surface area contributed by atoms with Crippen molar-refractivity contribution >= 4 is 17.9 Å². The number of unbranched alkanes of at least 4 members (excludes halogenated alkanes) is 16. The Morgan fingerprint density at radius 3 is 1.27 bits per heavy atom. The molecule has 0 aromatic carbocycles. The van der Waals surface area contributed by atoms with Crippen LogP contribution in [0.4, 0.5) is 0 Å². The molecular weight excluding hydrogens is 745 g/mol. The molecule has 0 aromatic heterocycles. The fourth-order valence-electron chi connectivity index (χ4n) is 6.05. The van der Waals surface area contributed by atoms with Gasteiger partial charge in [0.15, 0.2) is 6.10 Å². The highest BCUT2D eigenvalue weighted by Gasteiger charge is 2.19. The van der Waals surface area contributed by atoms with E-state index in [1.807, 2.05) is 54.7 Å². The molecule has 6 heteroatoms. The number of rotatable bonds is 41. The van der Waals surface area contributed by atoms with Crippen molar-refractivity contribution in [3.8, 4) is 0 Å². The molecule has 0 bridgehead atoms. The minimum Gasteiger partial charge on any atom is -0.462 e. The van der Waals surface area contributed by atoms with E-state index in [1.54, 1.807) is 0 Å². The van der Waals surface area contributed by atoms with Gasteiger partial charge in [-0.1, -0.05) is 201 Å². The second kappa shape index (κ2) is 47.7. The molecule has 0 aliphatic carbocycles. The van der Waals surface area contributed by atoms with E-state index < -0.39 is 12.1 Å². The van der Waals surface area contributed by atoms with Gasteiger partial charge in [0.2, 0.25) is 0 Å². The molecule has 0 saturated heterocycles. The second-order valence-corrected chi connectivity index (χ2v) is 15.4. The van der Waals surface area contributed by atoms with Gasteiger partial charge in [-0.25, -0.2) is 0 Å². The number of hydrogen-bond acceptors (Lipinski definition) is 6. The van der Waals surface area contributed by atoms with Crippen LogP contribution in [0.5, 0.6) is 0 Å². The zero-order valence-electron chi connectivity index (χ0n) is 38.4. The Balaban J connectivity index is 4.45. The third-order valence-electron chi connectivity index (χ3n) is 9.62. The van der Waals surface area contributed by atoms with Crippen LogP contribution < -0.4 is 0 Å². The van der Waals surface area contributed by atoms with E-state index >= 15 is 0 Å². The summed E-state index contributed by atoms with van der Waals surface area (Å²) in [5, 5.41) is 0. The number of allylic oxidation sites excluding steroid dienone is 18. The van der Waals surface area contributed by atoms with Crippen LogP contribution in [0.25, 0.3) is 0 Å². The first kappa shape index (κ1) is 56.1. The van der Waals surface area contributed by atoms with Crippen molar-refractivity contribution in [3.05, 3.63) is 109 Å². The predicted molar refractivity (Wildman–Crippen MR) is 256 cm³/mol. The molecule has 1 atom stereocenters. The van der Waals surface area contributed by atoms with Crippen LogP contribution in [0.1, 0.15) is 194 Å². The van der Waals surface area contributed by atoms with Gasteiger partial charge in [0.05, 0.1) is 0 Å². The lowest BCUT2D eigenvalue weighted by molar-refractivity contribution is -0.167. The molecule has 0 N–H and O–H groups in total. The Labute approximate surface area is 368 Å². The fraction of sp³-hybridized carbons (Fsp3) is 0.611. The monoisotopic (exact) mass is 831 g/mol. The molecule has 0 aromatic rings. The molecule has 0 fully saturated rings. The number of carbonyl (C=O) groups is 3. The number of hydrogen-bond donors (Lipinski definition) is 0. The van der Waals surface area contributed by atoms with E-state index in [9.17, 15) is 14.4 Å². The number of esters is 3. The molecule has 338 valence electrons. The summed E-state index contributed by atoms with van der Waals surface area (Å²) in [6.45, 7) is 6.24. The van der Waals surface area contributed by atoms with Gasteiger partial charge < -0.3 is 14.2 Å². The van der Waals surface area contributed by atoms with Gasteiger partial charge in [-0.05, 0) is 83.5 Å². The van der Waals surface area contributed by atoms with Gasteiger partial charge >= 0.3 is 17.9 Å². The summed E-state index contributed by atoms with van der Waals surface area (Å²) >= 11 is 0. The third-order valence-corrected chi connectivity index (χ3v) is 9.62. The number of ether oxygens (including phenoxy) is 3. The fourth-order valence-corrected chi connectivity index (χ4v) is 6.05. The summed E-state index contributed by atoms with van der Waals surface area (Å²) < 4.78 is 16.6. The van der Waals surface area contributed by atoms with E-state index in [-0.39, 0.29) is 31.6 Å². The van der Waals surface area contributed by atoms with Crippen LogP contribution >= 0.6 is 0 Å². The molecule has 0 saturated carbocycles. The summed E-state index contributed by atoms with van der Waals surface area (Å²) in [4.78, 5) is 37.8. The molecule has 0 aliphatic rings. The third kappa shape index (κ3) is 45.2. The minimum absolute atomic E-state index is 0.115. The maximum absolute atomic E-state index is 12.7. The predicted octanol–water partition coefficient (Wildman–Crippen LogP) is 15.6. The van der Waals surface area contributed by atoms with E-state index in [4.69, 9.17) is 14.2 Å². The Hall–Kier alpha value is -3.93. The molecule has 0 aliphatic heterocycles. The highest BCUT2D eigenvalue weighted by Crippen LogP contribution is 2.13. The average Bonchev–Trinajstić information content (AvgIpc) is 3.24. The van der Waals surface area contributed by atoms with Crippen LogP contribution in [-0.4, -0.2) is 37.2 Å². The molecule has 0 rings (SSSR count). The lowest BCUT2D eigenvalue weighted by atomic mass is 10.1. The van der Waals surface area contributed by atoms with Crippen molar-refractivity contribution < 1.29 is 28.6 Å². The first-order valence-corrected chi connectivity index (χ1v) is 24.0. The van der Waals surface area contributed by atoms with E-state index in [0.717, 1.165) is 96.3 Å². The molecule has 6 nitrogen and oxygen atoms in total. The molecule has 60 heavy (non-hydrogen) atoms. The topological polar surface area (TPSA) is 78.9 Å². The van der Waals surface area contributed by atoms with E-state index in [1.165, 1.54) is 51.4 Å². The molecule has 1 unspecified atom stereocenters. The van der Waals surface area contributed by atoms with Crippen LogP contribution in [0, 0.1) is 0 Å². The van der Waals surface area contributed by atoms with Crippen molar-refractivity contribution in [2.24, 2.45) is 0 Å². The van der Waals surface area contributed by atoms with Gasteiger partial charge in [0.1, 0.15) is 13.2 Å². The molecule has 0 amide bonds. The standard InChI is InChI=1S/C54H86O6/c1-4-7-10-13-16-19-22-24-25-26-27-28-29-31-32-35-38-41-44-47-53(56)59-50-51(49-58-52(55)46-43-40-37-34-21-18-15-12-9-6-3)60-54(57)48-45-42-39-36-33-30-23-20-17-14-11-8-5-2/h7-8,10-11,14-20,23-25,30,33,36,39,51H,4-6,9,12-13,21-22,26-29,31-32,34-35,37-38,40-50H2,1-3H3/b10-7-,11-8-,17-14-,18-15-,19-16-,23-20-,25-24-,33-30-,39-36-. The molecule has 0 heterocycles. The summed E-state index contributed by atoms with van der Waals surface area (Å²) in [7, 11) is 0. The Morgan fingerprint density at radius 1 is 0.367 bits per heavy atom. The normalized spacial score (nSPS) is 13.1. The summed E-state index contributed by atoms with van der Waals surface area (Å²) in [6, 6.07) is 0. The van der Waals surface area contributed by atoms with Crippen LogP contribution in [0.15, 0.2) is 109 Å². The van der Waals surface area contributed by atoms with Crippen molar-refractivity contribution in [2.75, 3.05) is 13.2 Å². The maximum atomic E-state index is 12.7. The molecule has 0 spiro atoms. The maximum Gasteiger partial charge on any atom is 0.306 e. The number of carbonyl (C=O) groups excluding carboxylic acids is 3. The van der Waals surface area contributed by atoms with Crippen LogP contribution in [0.3, 0.4) is 0 Å². The van der Waals surface area contributed by atoms with E-state index in [2.05, 4.69) is 75.5 Å².